The molecular weight excluding hydrogens is 120 g/mol. The fraction of sp³-hybridized carbons (Fsp3) is 0.200. The predicted octanol–water partition coefficient (Wildman–Crippen LogP) is 2.00. The molecule has 0 unspecified atom stereocenters. The number of aromatic nitrogens is 1. The molecule has 0 aliphatic heterocycles. The van der Waals surface area contributed by atoms with Crippen molar-refractivity contribution in [2.45, 2.75) is 6.92 Å². The van der Waals surface area contributed by atoms with Gasteiger partial charge in [0.15, 0.2) is 0 Å². The second-order valence-electron chi connectivity index (χ2n) is 1.35. The van der Waals surface area contributed by atoms with E-state index < -0.39 is 0 Å². The van der Waals surface area contributed by atoms with Crippen LogP contribution in [0.5, 0.6) is 0 Å². The zero-order valence-electron chi connectivity index (χ0n) is 4.38. The minimum absolute atomic E-state index is 0.699. The molecule has 0 aliphatic carbocycles. The Hall–Kier alpha value is -0.880. The normalized spacial score (nSPS) is 8.50. The molecule has 1 rings (SSSR count). The first-order chi connectivity index (χ1) is 3.84. The summed E-state index contributed by atoms with van der Waals surface area (Å²) >= 11 is 1.38. The molecule has 0 atom stereocenters. The molecular formula is C5H4N2S. The first-order valence-corrected chi connectivity index (χ1v) is 3.00. The van der Waals surface area contributed by atoms with E-state index in [1.165, 1.54) is 11.3 Å². The van der Waals surface area contributed by atoms with Crippen LogP contribution in [0.25, 0.3) is 4.85 Å². The zero-order chi connectivity index (χ0) is 5.98. The number of nitrogens with zero attached hydrogens (tertiary/aromatic N) is 2. The van der Waals surface area contributed by atoms with E-state index in [2.05, 4.69) is 9.83 Å². The van der Waals surface area contributed by atoms with Crippen LogP contribution >= 0.6 is 11.3 Å². The van der Waals surface area contributed by atoms with Crippen molar-refractivity contribution in [2.75, 3.05) is 0 Å². The Morgan fingerprint density at radius 1 is 1.88 bits per heavy atom. The summed E-state index contributed by atoms with van der Waals surface area (Å²) in [6.07, 6.45) is 0. The monoisotopic (exact) mass is 124 g/mol. The van der Waals surface area contributed by atoms with E-state index in [4.69, 9.17) is 6.57 Å². The second kappa shape index (κ2) is 1.93. The first kappa shape index (κ1) is 5.26. The maximum Gasteiger partial charge on any atom is 0.263 e. The average Bonchev–Trinajstić information content (AvgIpc) is 2.14. The van der Waals surface area contributed by atoms with Gasteiger partial charge in [0.05, 0.1) is 17.8 Å². The topological polar surface area (TPSA) is 17.2 Å². The standard InChI is InChI=1S/C5H4N2S/c1-4-5(6-2)8-3-7-4/h3H,1H3. The molecule has 0 aromatic carbocycles. The van der Waals surface area contributed by atoms with Crippen LogP contribution in [-0.2, 0) is 0 Å². The molecule has 1 heterocycles. The lowest BCUT2D eigenvalue weighted by molar-refractivity contribution is 1.27. The summed E-state index contributed by atoms with van der Waals surface area (Å²) in [6.45, 7) is 8.43. The van der Waals surface area contributed by atoms with Gasteiger partial charge in [0, 0.05) is 0 Å². The molecule has 3 heteroatoms. The Bertz CT molecular complexity index is 221. The summed E-state index contributed by atoms with van der Waals surface area (Å²) in [5.74, 6) is 0. The van der Waals surface area contributed by atoms with Crippen LogP contribution in [0.3, 0.4) is 0 Å². The molecule has 0 spiro atoms. The molecule has 1 aromatic heterocycles. The van der Waals surface area contributed by atoms with Crippen molar-refractivity contribution in [3.05, 3.63) is 22.6 Å². The van der Waals surface area contributed by atoms with Gasteiger partial charge in [-0.1, -0.05) is 0 Å². The average molecular weight is 124 g/mol. The Kier molecular flexibility index (Phi) is 1.27. The maximum atomic E-state index is 6.60. The summed E-state index contributed by atoms with van der Waals surface area (Å²) in [6, 6.07) is 0. The Morgan fingerprint density at radius 2 is 2.62 bits per heavy atom. The molecule has 40 valence electrons. The summed E-state index contributed by atoms with van der Waals surface area (Å²) in [5.41, 5.74) is 2.52. The van der Waals surface area contributed by atoms with Crippen LogP contribution in [-0.4, -0.2) is 4.98 Å². The first-order valence-electron chi connectivity index (χ1n) is 2.12. The predicted molar refractivity (Wildman–Crippen MR) is 33.1 cm³/mol. The van der Waals surface area contributed by atoms with E-state index in [0.29, 0.717) is 5.00 Å². The Labute approximate surface area is 51.6 Å². The van der Waals surface area contributed by atoms with E-state index in [1.807, 2.05) is 6.92 Å². The number of hydrogen-bond acceptors (Lipinski definition) is 2. The Morgan fingerprint density at radius 3 is 2.88 bits per heavy atom. The second-order valence-corrected chi connectivity index (χ2v) is 2.19. The van der Waals surface area contributed by atoms with Crippen molar-refractivity contribution in [1.29, 1.82) is 0 Å². The van der Waals surface area contributed by atoms with Crippen LogP contribution in [0, 0.1) is 13.5 Å². The number of rotatable bonds is 0. The van der Waals surface area contributed by atoms with E-state index >= 15 is 0 Å². The third-order valence-corrected chi connectivity index (χ3v) is 1.64. The van der Waals surface area contributed by atoms with Crippen LogP contribution in [0.1, 0.15) is 5.69 Å². The highest BCUT2D eigenvalue weighted by molar-refractivity contribution is 7.14. The van der Waals surface area contributed by atoms with Crippen LogP contribution in [0.2, 0.25) is 0 Å². The lowest BCUT2D eigenvalue weighted by atomic mass is 10.5. The van der Waals surface area contributed by atoms with Crippen molar-refractivity contribution in [3.8, 4) is 0 Å². The molecule has 8 heavy (non-hydrogen) atoms. The fourth-order valence-electron chi connectivity index (χ4n) is 0.403. The third-order valence-electron chi connectivity index (χ3n) is 0.822. The van der Waals surface area contributed by atoms with Gasteiger partial charge in [0.2, 0.25) is 0 Å². The lowest BCUT2D eigenvalue weighted by Gasteiger charge is -1.75. The van der Waals surface area contributed by atoms with Crippen molar-refractivity contribution >= 4 is 16.3 Å². The van der Waals surface area contributed by atoms with Gasteiger partial charge in [-0.05, 0) is 6.92 Å². The maximum absolute atomic E-state index is 6.60. The highest BCUT2D eigenvalue weighted by atomic mass is 32.1. The molecule has 0 fully saturated rings. The van der Waals surface area contributed by atoms with Crippen LogP contribution in [0.4, 0.5) is 5.00 Å². The quantitative estimate of drug-likeness (QED) is 0.483. The molecule has 0 saturated heterocycles. The van der Waals surface area contributed by atoms with E-state index in [-0.39, 0.29) is 0 Å². The van der Waals surface area contributed by atoms with Crippen molar-refractivity contribution < 1.29 is 0 Å². The summed E-state index contributed by atoms with van der Waals surface area (Å²) in [4.78, 5) is 7.13. The Balaban J connectivity index is 3.15. The molecule has 0 amide bonds. The van der Waals surface area contributed by atoms with Crippen molar-refractivity contribution in [2.24, 2.45) is 0 Å². The minimum atomic E-state index is 0.699. The van der Waals surface area contributed by atoms with E-state index in [0.717, 1.165) is 5.69 Å². The van der Waals surface area contributed by atoms with Crippen LogP contribution in [0.15, 0.2) is 5.51 Å². The lowest BCUT2D eigenvalue weighted by Crippen LogP contribution is -1.62. The largest absolute Gasteiger partial charge is 0.263 e. The third kappa shape index (κ3) is 0.703. The van der Waals surface area contributed by atoms with Gasteiger partial charge in [0.1, 0.15) is 0 Å². The number of aryl methyl sites for hydroxylation is 1. The summed E-state index contributed by atoms with van der Waals surface area (Å²) in [5, 5.41) is 0.699. The summed E-state index contributed by atoms with van der Waals surface area (Å²) < 4.78 is 0. The molecule has 0 bridgehead atoms. The number of thiazole rings is 1. The van der Waals surface area contributed by atoms with Crippen LogP contribution < -0.4 is 0 Å². The fourth-order valence-corrected chi connectivity index (χ4v) is 0.990. The highest BCUT2D eigenvalue weighted by Gasteiger charge is 1.95. The van der Waals surface area contributed by atoms with Gasteiger partial charge in [-0.15, -0.1) is 11.3 Å². The molecule has 0 N–H and O–H groups in total. The zero-order valence-corrected chi connectivity index (χ0v) is 5.20. The van der Waals surface area contributed by atoms with Crippen molar-refractivity contribution in [3.63, 3.8) is 0 Å². The molecule has 0 aliphatic rings. The van der Waals surface area contributed by atoms with Gasteiger partial charge >= 0.3 is 0 Å². The van der Waals surface area contributed by atoms with E-state index in [1.54, 1.807) is 5.51 Å². The molecule has 0 saturated carbocycles. The molecule has 2 nitrogen and oxygen atoms in total. The van der Waals surface area contributed by atoms with Gasteiger partial charge in [-0.2, -0.15) is 0 Å². The highest BCUT2D eigenvalue weighted by Crippen LogP contribution is 2.21. The van der Waals surface area contributed by atoms with Gasteiger partial charge < -0.3 is 0 Å². The number of hydrogen-bond donors (Lipinski definition) is 0. The smallest absolute Gasteiger partial charge is 0.263 e. The van der Waals surface area contributed by atoms with Gasteiger partial charge in [0.25, 0.3) is 5.00 Å². The van der Waals surface area contributed by atoms with E-state index in [9.17, 15) is 0 Å². The molecule has 1 aromatic rings. The minimum Gasteiger partial charge on any atom is -0.263 e. The molecule has 0 radical (unpaired) electrons. The van der Waals surface area contributed by atoms with Gasteiger partial charge in [-0.25, -0.2) is 4.85 Å². The SMILES string of the molecule is [C-]#[N+]c1scnc1C. The van der Waals surface area contributed by atoms with Crippen molar-refractivity contribution in [1.82, 2.24) is 4.98 Å². The van der Waals surface area contributed by atoms with Gasteiger partial charge in [-0.3, -0.25) is 4.98 Å². The summed E-state index contributed by atoms with van der Waals surface area (Å²) in [7, 11) is 0.